The van der Waals surface area contributed by atoms with E-state index < -0.39 is 17.8 Å². The number of carbonyl (C=O) groups excluding carboxylic acids is 1. The second-order valence-corrected chi connectivity index (χ2v) is 10.7. The van der Waals surface area contributed by atoms with E-state index in [1.807, 2.05) is 43.3 Å². The Morgan fingerprint density at radius 3 is 2.66 bits per heavy atom. The van der Waals surface area contributed by atoms with Crippen molar-refractivity contribution >= 4 is 5.91 Å². The number of hydrogen-bond donors (Lipinski definition) is 3. The highest BCUT2D eigenvalue weighted by Crippen LogP contribution is 2.45. The van der Waals surface area contributed by atoms with Crippen molar-refractivity contribution in [3.63, 3.8) is 0 Å². The van der Waals surface area contributed by atoms with E-state index in [0.29, 0.717) is 56.8 Å². The van der Waals surface area contributed by atoms with Gasteiger partial charge in [0.25, 0.3) is 0 Å². The van der Waals surface area contributed by atoms with E-state index in [1.165, 1.54) is 0 Å². The molecule has 1 heterocycles. The lowest BCUT2D eigenvalue weighted by Crippen LogP contribution is -2.55. The minimum Gasteiger partial charge on any atom is -0.496 e. The maximum absolute atomic E-state index is 13.4. The van der Waals surface area contributed by atoms with Gasteiger partial charge < -0.3 is 35.1 Å². The SMILES string of the molecule is COCCCC[C@@](O)(c1c(OC)cccc1-c1cccc(C)c1)C1CN(C(=O)[C@H]2C[C@@H](N)[C@@H](O)C2)CCO1. The summed E-state index contributed by atoms with van der Waals surface area (Å²) in [4.78, 5) is 15.2. The topological polar surface area (TPSA) is 114 Å². The Morgan fingerprint density at radius 2 is 1.97 bits per heavy atom. The number of aryl methyl sites for hydroxylation is 1. The number of benzene rings is 2. The fourth-order valence-corrected chi connectivity index (χ4v) is 5.94. The van der Waals surface area contributed by atoms with Crippen LogP contribution in [0.2, 0.25) is 0 Å². The van der Waals surface area contributed by atoms with Crippen LogP contribution in [0.3, 0.4) is 0 Å². The number of nitrogens with zero attached hydrogens (tertiary/aromatic N) is 1. The zero-order chi connectivity index (χ0) is 27.3. The molecule has 1 saturated heterocycles. The van der Waals surface area contributed by atoms with Crippen molar-refractivity contribution in [3.8, 4) is 16.9 Å². The average Bonchev–Trinajstić information content (AvgIpc) is 3.27. The number of hydrogen-bond acceptors (Lipinski definition) is 7. The number of morpholine rings is 1. The van der Waals surface area contributed by atoms with Gasteiger partial charge in [-0.2, -0.15) is 0 Å². The first-order chi connectivity index (χ1) is 18.3. The maximum Gasteiger partial charge on any atom is 0.226 e. The Bertz CT molecular complexity index is 1080. The number of unbranched alkanes of at least 4 members (excludes halogenated alkanes) is 1. The van der Waals surface area contributed by atoms with Crippen molar-refractivity contribution in [2.45, 2.75) is 62.9 Å². The van der Waals surface area contributed by atoms with Gasteiger partial charge in [0.2, 0.25) is 5.91 Å². The van der Waals surface area contributed by atoms with Crippen LogP contribution < -0.4 is 10.5 Å². The summed E-state index contributed by atoms with van der Waals surface area (Å²) >= 11 is 0. The van der Waals surface area contributed by atoms with Crippen LogP contribution in [0.5, 0.6) is 5.75 Å². The average molecular weight is 527 g/mol. The minimum atomic E-state index is -1.43. The molecule has 1 aliphatic carbocycles. The molecule has 1 amide bonds. The van der Waals surface area contributed by atoms with Crippen LogP contribution >= 0.6 is 0 Å². The molecule has 0 radical (unpaired) electrons. The zero-order valence-electron chi connectivity index (χ0n) is 22.8. The highest BCUT2D eigenvalue weighted by Gasteiger charge is 2.47. The van der Waals surface area contributed by atoms with E-state index in [9.17, 15) is 15.0 Å². The van der Waals surface area contributed by atoms with Gasteiger partial charge in [-0.15, -0.1) is 0 Å². The summed E-state index contributed by atoms with van der Waals surface area (Å²) in [5.74, 6) is 0.226. The molecule has 4 rings (SSSR count). The van der Waals surface area contributed by atoms with E-state index >= 15 is 0 Å². The first-order valence-corrected chi connectivity index (χ1v) is 13.6. The third-order valence-corrected chi connectivity index (χ3v) is 8.00. The first kappa shape index (κ1) is 28.5. The second kappa shape index (κ2) is 12.6. The van der Waals surface area contributed by atoms with Crippen LogP contribution in [-0.2, 0) is 19.9 Å². The van der Waals surface area contributed by atoms with E-state index in [1.54, 1.807) is 19.1 Å². The summed E-state index contributed by atoms with van der Waals surface area (Å²) < 4.78 is 17.3. The molecule has 4 N–H and O–H groups in total. The largest absolute Gasteiger partial charge is 0.496 e. The number of methoxy groups -OCH3 is 2. The smallest absolute Gasteiger partial charge is 0.226 e. The number of amides is 1. The predicted octanol–water partition coefficient (Wildman–Crippen LogP) is 3.00. The summed E-state index contributed by atoms with van der Waals surface area (Å²) in [6.07, 6.45) is 1.40. The molecular formula is C30H42N2O6. The van der Waals surface area contributed by atoms with Crippen LogP contribution in [0.15, 0.2) is 42.5 Å². The lowest BCUT2D eigenvalue weighted by Gasteiger charge is -2.44. The number of ether oxygens (including phenoxy) is 3. The normalized spacial score (nSPS) is 25.3. The van der Waals surface area contributed by atoms with Gasteiger partial charge in [-0.3, -0.25) is 4.79 Å². The molecular weight excluding hydrogens is 484 g/mol. The van der Waals surface area contributed by atoms with E-state index in [0.717, 1.165) is 23.1 Å². The third-order valence-electron chi connectivity index (χ3n) is 8.00. The van der Waals surface area contributed by atoms with Crippen LogP contribution in [0.4, 0.5) is 0 Å². The highest BCUT2D eigenvalue weighted by atomic mass is 16.5. The molecule has 0 aromatic heterocycles. The molecule has 1 aliphatic heterocycles. The molecule has 5 atom stereocenters. The van der Waals surface area contributed by atoms with Crippen molar-refractivity contribution in [1.82, 2.24) is 4.90 Å². The molecule has 208 valence electrons. The van der Waals surface area contributed by atoms with Crippen molar-refractivity contribution in [2.24, 2.45) is 11.7 Å². The number of aliphatic hydroxyl groups is 2. The van der Waals surface area contributed by atoms with E-state index in [-0.39, 0.29) is 24.4 Å². The van der Waals surface area contributed by atoms with Gasteiger partial charge in [0, 0.05) is 37.8 Å². The molecule has 0 bridgehead atoms. The van der Waals surface area contributed by atoms with Crippen LogP contribution in [0.25, 0.3) is 11.1 Å². The predicted molar refractivity (Wildman–Crippen MR) is 146 cm³/mol. The van der Waals surface area contributed by atoms with E-state index in [2.05, 4.69) is 6.07 Å². The van der Waals surface area contributed by atoms with Crippen molar-refractivity contribution in [1.29, 1.82) is 0 Å². The van der Waals surface area contributed by atoms with Gasteiger partial charge in [-0.05, 0) is 56.2 Å². The zero-order valence-corrected chi connectivity index (χ0v) is 22.8. The summed E-state index contributed by atoms with van der Waals surface area (Å²) in [5, 5.41) is 22.8. The van der Waals surface area contributed by atoms with E-state index in [4.69, 9.17) is 19.9 Å². The highest BCUT2D eigenvalue weighted by molar-refractivity contribution is 5.79. The monoisotopic (exact) mass is 526 g/mol. The Balaban J connectivity index is 1.72. The summed E-state index contributed by atoms with van der Waals surface area (Å²) in [5.41, 5.74) is 8.20. The van der Waals surface area contributed by atoms with Gasteiger partial charge in [-0.25, -0.2) is 0 Å². The number of carbonyl (C=O) groups is 1. The second-order valence-electron chi connectivity index (χ2n) is 10.7. The summed E-state index contributed by atoms with van der Waals surface area (Å²) in [7, 11) is 3.28. The fourth-order valence-electron chi connectivity index (χ4n) is 5.94. The summed E-state index contributed by atoms with van der Waals surface area (Å²) in [6.45, 7) is 3.63. The molecule has 2 fully saturated rings. The lowest BCUT2D eigenvalue weighted by molar-refractivity contribution is -0.168. The molecule has 1 unspecified atom stereocenters. The molecule has 2 aromatic rings. The first-order valence-electron chi connectivity index (χ1n) is 13.6. The maximum atomic E-state index is 13.4. The Morgan fingerprint density at radius 1 is 1.18 bits per heavy atom. The van der Waals surface area contributed by atoms with Crippen molar-refractivity contribution in [2.75, 3.05) is 40.5 Å². The Kier molecular flexibility index (Phi) is 9.44. The number of nitrogens with two attached hydrogens (primary N) is 1. The van der Waals surface area contributed by atoms with Gasteiger partial charge in [-0.1, -0.05) is 42.0 Å². The van der Waals surface area contributed by atoms with Crippen molar-refractivity contribution < 1.29 is 29.2 Å². The molecule has 2 aliphatic rings. The molecule has 8 nitrogen and oxygen atoms in total. The third kappa shape index (κ3) is 6.05. The lowest BCUT2D eigenvalue weighted by atomic mass is 9.78. The van der Waals surface area contributed by atoms with Crippen molar-refractivity contribution in [3.05, 3.63) is 53.6 Å². The van der Waals surface area contributed by atoms with Crippen LogP contribution in [-0.4, -0.2) is 79.8 Å². The Labute approximate surface area is 225 Å². The van der Waals surface area contributed by atoms with Gasteiger partial charge >= 0.3 is 0 Å². The van der Waals surface area contributed by atoms with Gasteiger partial charge in [0.15, 0.2) is 0 Å². The number of aliphatic hydroxyl groups excluding tert-OH is 1. The molecule has 38 heavy (non-hydrogen) atoms. The standard InChI is InChI=1S/C30H42N2O6/c1-20-8-6-9-21(16-20)23-10-7-11-26(37-3)28(23)30(35,12-4-5-14-36-2)27-19-32(13-15-38-27)29(34)22-17-24(31)25(33)18-22/h6-11,16,22,24-25,27,33,35H,4-5,12-15,17-19,31H2,1-3H3/t22-,24+,25-,27?,30-/m0/s1. The molecule has 8 heteroatoms. The van der Waals surface area contributed by atoms with Crippen LogP contribution in [0, 0.1) is 12.8 Å². The minimum absolute atomic E-state index is 0.0361. The molecule has 2 aromatic carbocycles. The van der Waals surface area contributed by atoms with Gasteiger partial charge in [0.05, 0.1) is 26.4 Å². The van der Waals surface area contributed by atoms with Crippen LogP contribution in [0.1, 0.15) is 43.2 Å². The fraction of sp³-hybridized carbons (Fsp3) is 0.567. The summed E-state index contributed by atoms with van der Waals surface area (Å²) in [6, 6.07) is 13.6. The quantitative estimate of drug-likeness (QED) is 0.408. The van der Waals surface area contributed by atoms with Gasteiger partial charge in [0.1, 0.15) is 17.5 Å². The molecule has 0 spiro atoms. The molecule has 1 saturated carbocycles. The number of rotatable bonds is 10. The Hall–Kier alpha value is -2.49.